The Hall–Kier alpha value is -2.96. The predicted molar refractivity (Wildman–Crippen MR) is 118 cm³/mol. The van der Waals surface area contributed by atoms with E-state index in [0.717, 1.165) is 46.4 Å². The van der Waals surface area contributed by atoms with Gasteiger partial charge in [0.1, 0.15) is 5.78 Å². The Morgan fingerprint density at radius 2 is 1.68 bits per heavy atom. The van der Waals surface area contributed by atoms with Crippen LogP contribution in [-0.4, -0.2) is 21.3 Å². The fourth-order valence-electron chi connectivity index (χ4n) is 4.20. The zero-order valence-electron chi connectivity index (χ0n) is 17.1. The van der Waals surface area contributed by atoms with E-state index in [1.165, 1.54) is 0 Å². The lowest BCUT2D eigenvalue weighted by molar-refractivity contribution is -0.120. The van der Waals surface area contributed by atoms with Crippen LogP contribution in [0.5, 0.6) is 11.5 Å². The maximum atomic E-state index is 13.4. The molecule has 5 nitrogen and oxygen atoms in total. The smallest absolute Gasteiger partial charge is 0.231 e. The largest absolute Gasteiger partial charge is 0.454 e. The van der Waals surface area contributed by atoms with Gasteiger partial charge in [-0.05, 0) is 71.8 Å². The molecule has 0 amide bonds. The van der Waals surface area contributed by atoms with Gasteiger partial charge in [0.05, 0.1) is 10.3 Å². The zero-order valence-corrected chi connectivity index (χ0v) is 17.9. The first-order valence-electron chi connectivity index (χ1n) is 10.2. The van der Waals surface area contributed by atoms with Crippen molar-refractivity contribution in [2.24, 2.45) is 0 Å². The van der Waals surface area contributed by atoms with Gasteiger partial charge in [-0.2, -0.15) is 0 Å². The first-order chi connectivity index (χ1) is 15.0. The van der Waals surface area contributed by atoms with Crippen molar-refractivity contribution in [1.82, 2.24) is 0 Å². The molecule has 3 aromatic rings. The average molecular weight is 435 g/mol. The van der Waals surface area contributed by atoms with Gasteiger partial charge in [-0.15, -0.1) is 0 Å². The van der Waals surface area contributed by atoms with Gasteiger partial charge in [-0.25, -0.2) is 4.21 Å². The highest BCUT2D eigenvalue weighted by atomic mass is 32.2. The highest BCUT2D eigenvalue weighted by Gasteiger charge is 2.50. The summed E-state index contributed by atoms with van der Waals surface area (Å²) in [6, 6.07) is 18.9. The van der Waals surface area contributed by atoms with Gasteiger partial charge < -0.3 is 14.0 Å². The number of aryl methyl sites for hydroxylation is 1. The number of benzene rings is 3. The molecule has 1 fully saturated rings. The Kier molecular flexibility index (Phi) is 4.91. The second kappa shape index (κ2) is 7.62. The maximum Gasteiger partial charge on any atom is 0.231 e. The van der Waals surface area contributed by atoms with Crippen LogP contribution in [0.4, 0.5) is 0 Å². The van der Waals surface area contributed by atoms with Gasteiger partial charge in [0.2, 0.25) is 6.79 Å². The molecule has 1 N–H and O–H groups in total. The normalized spacial score (nSPS) is 16.7. The van der Waals surface area contributed by atoms with Gasteiger partial charge in [0, 0.05) is 6.42 Å². The van der Waals surface area contributed by atoms with E-state index in [1.807, 2.05) is 55.5 Å². The zero-order chi connectivity index (χ0) is 21.6. The monoisotopic (exact) mass is 434 g/mol. The molecule has 31 heavy (non-hydrogen) atoms. The number of ether oxygens (including phenoxy) is 2. The highest BCUT2D eigenvalue weighted by Crippen LogP contribution is 2.51. The summed E-state index contributed by atoms with van der Waals surface area (Å²) in [6.45, 7) is 2.24. The summed E-state index contributed by atoms with van der Waals surface area (Å²) in [5.74, 6) is 1.66. The third kappa shape index (κ3) is 3.66. The van der Waals surface area contributed by atoms with E-state index in [0.29, 0.717) is 17.1 Å². The molecule has 1 unspecified atom stereocenters. The summed E-state index contributed by atoms with van der Waals surface area (Å²) < 4.78 is 31.3. The molecule has 1 aliphatic carbocycles. The summed E-state index contributed by atoms with van der Waals surface area (Å²) in [7, 11) is 0. The van der Waals surface area contributed by atoms with Gasteiger partial charge in [0.25, 0.3) is 0 Å². The number of rotatable bonds is 6. The molecule has 6 heteroatoms. The van der Waals surface area contributed by atoms with E-state index < -0.39 is 16.5 Å². The quantitative estimate of drug-likeness (QED) is 0.564. The fourth-order valence-corrected chi connectivity index (χ4v) is 4.56. The molecule has 1 aliphatic heterocycles. The minimum Gasteiger partial charge on any atom is -0.454 e. The molecule has 0 aromatic heterocycles. The number of fused-ring (bicyclic) bond motifs is 1. The van der Waals surface area contributed by atoms with Crippen LogP contribution in [0.15, 0.2) is 65.6 Å². The minimum atomic E-state index is -1.99. The molecular weight excluding hydrogens is 412 g/mol. The Labute approximate surface area is 183 Å². The fraction of sp³-hybridized carbons (Fsp3) is 0.240. The van der Waals surface area contributed by atoms with Crippen molar-refractivity contribution >= 4 is 16.9 Å². The molecule has 1 heterocycles. The van der Waals surface area contributed by atoms with Crippen molar-refractivity contribution in [2.75, 3.05) is 6.79 Å². The molecular formula is C25H22O5S. The summed E-state index contributed by atoms with van der Waals surface area (Å²) >= 11 is -1.99. The molecule has 2 aliphatic rings. The van der Waals surface area contributed by atoms with Crippen molar-refractivity contribution in [1.29, 1.82) is 0 Å². The Morgan fingerprint density at radius 3 is 2.39 bits per heavy atom. The van der Waals surface area contributed by atoms with Crippen LogP contribution in [-0.2, 0) is 27.7 Å². The van der Waals surface area contributed by atoms with Gasteiger partial charge in [0.15, 0.2) is 22.6 Å². The second-order valence-electron chi connectivity index (χ2n) is 8.16. The first kappa shape index (κ1) is 20.0. The molecule has 3 aromatic carbocycles. The third-order valence-corrected chi connectivity index (χ3v) is 6.97. The van der Waals surface area contributed by atoms with Crippen LogP contribution in [0.25, 0.3) is 11.1 Å². The van der Waals surface area contributed by atoms with Crippen LogP contribution in [0.2, 0.25) is 0 Å². The lowest BCUT2D eigenvalue weighted by Gasteiger charge is -2.17. The molecule has 1 atom stereocenters. The summed E-state index contributed by atoms with van der Waals surface area (Å²) in [6.07, 6.45) is 2.07. The van der Waals surface area contributed by atoms with E-state index in [9.17, 15) is 13.6 Å². The molecule has 158 valence electrons. The van der Waals surface area contributed by atoms with Crippen molar-refractivity contribution in [3.8, 4) is 22.6 Å². The van der Waals surface area contributed by atoms with Crippen molar-refractivity contribution in [3.05, 3.63) is 77.4 Å². The van der Waals surface area contributed by atoms with Crippen LogP contribution in [0.1, 0.15) is 29.5 Å². The van der Waals surface area contributed by atoms with E-state index in [-0.39, 0.29) is 12.6 Å². The standard InChI is InChI=1S/C25H22O5S/c1-16-2-3-18(17-4-7-21(8-5-17)31(27)28)12-19(16)13-24(26)25(10-11-25)20-6-9-22-23(14-20)30-15-29-22/h2-9,12,14H,10-11,13,15H2,1H3,(H,27,28). The van der Waals surface area contributed by atoms with Crippen molar-refractivity contribution in [3.63, 3.8) is 0 Å². The molecule has 1 saturated carbocycles. The van der Waals surface area contributed by atoms with Gasteiger partial charge >= 0.3 is 0 Å². The number of hydrogen-bond acceptors (Lipinski definition) is 4. The lowest BCUT2D eigenvalue weighted by Crippen LogP contribution is -2.22. The van der Waals surface area contributed by atoms with Crippen molar-refractivity contribution < 1.29 is 23.0 Å². The lowest BCUT2D eigenvalue weighted by atomic mass is 9.86. The number of carbonyl (C=O) groups is 1. The highest BCUT2D eigenvalue weighted by molar-refractivity contribution is 7.79. The number of Topliss-reactive ketones (excluding diaryl/α,β-unsaturated/α-hetero) is 1. The predicted octanol–water partition coefficient (Wildman–Crippen LogP) is 4.81. The molecule has 0 saturated heterocycles. The molecule has 5 rings (SSSR count). The van der Waals surface area contributed by atoms with Gasteiger partial charge in [-0.1, -0.05) is 36.4 Å². The molecule has 0 spiro atoms. The van der Waals surface area contributed by atoms with Crippen LogP contribution in [0, 0.1) is 6.92 Å². The maximum absolute atomic E-state index is 13.4. The average Bonchev–Trinajstić information content (AvgIpc) is 3.46. The van der Waals surface area contributed by atoms with Crippen LogP contribution in [0.3, 0.4) is 0 Å². The van der Waals surface area contributed by atoms with E-state index in [2.05, 4.69) is 0 Å². The number of ketones is 1. The third-order valence-electron chi connectivity index (χ3n) is 6.30. The minimum absolute atomic E-state index is 0.220. The summed E-state index contributed by atoms with van der Waals surface area (Å²) in [4.78, 5) is 13.7. The van der Waals surface area contributed by atoms with Crippen molar-refractivity contribution in [2.45, 2.75) is 36.5 Å². The Bertz CT molecular complexity index is 1200. The number of carbonyl (C=O) groups excluding carboxylic acids is 1. The van der Waals surface area contributed by atoms with Gasteiger partial charge in [-0.3, -0.25) is 4.79 Å². The van der Waals surface area contributed by atoms with E-state index in [4.69, 9.17) is 9.47 Å². The SMILES string of the molecule is Cc1ccc(-c2ccc(S(=O)O)cc2)cc1CC(=O)C1(c2ccc3c(c2)OCO3)CC1. The van der Waals surface area contributed by atoms with Crippen LogP contribution < -0.4 is 9.47 Å². The molecule has 0 radical (unpaired) electrons. The van der Waals surface area contributed by atoms with Crippen LogP contribution >= 0.6 is 0 Å². The topological polar surface area (TPSA) is 72.8 Å². The first-order valence-corrected chi connectivity index (χ1v) is 11.3. The number of hydrogen-bond donors (Lipinski definition) is 1. The second-order valence-corrected chi connectivity index (χ2v) is 9.13. The van der Waals surface area contributed by atoms with E-state index >= 15 is 0 Å². The summed E-state index contributed by atoms with van der Waals surface area (Å²) in [5, 5.41) is 0. The Balaban J connectivity index is 1.40. The Morgan fingerprint density at radius 1 is 0.968 bits per heavy atom. The summed E-state index contributed by atoms with van der Waals surface area (Å²) in [5.41, 5.74) is 4.58. The van der Waals surface area contributed by atoms with E-state index in [1.54, 1.807) is 12.1 Å². The molecule has 0 bridgehead atoms.